The van der Waals surface area contributed by atoms with Crippen LogP contribution in [-0.2, 0) is 16.1 Å². The van der Waals surface area contributed by atoms with Crippen LogP contribution in [0.15, 0.2) is 30.3 Å². The van der Waals surface area contributed by atoms with E-state index in [2.05, 4.69) is 28.1 Å². The minimum Gasteiger partial charge on any atom is -0.353 e. The van der Waals surface area contributed by atoms with Gasteiger partial charge in [-0.2, -0.15) is 0 Å². The Morgan fingerprint density at radius 2 is 1.84 bits per heavy atom. The number of likely N-dealkylation sites (tertiary alicyclic amines) is 1. The van der Waals surface area contributed by atoms with E-state index >= 15 is 0 Å². The molecule has 1 aromatic heterocycles. The highest BCUT2D eigenvalue weighted by atomic mass is 16.2. The van der Waals surface area contributed by atoms with Crippen LogP contribution in [0.4, 0.5) is 0 Å². The number of amides is 2. The number of nitrogens with one attached hydrogen (secondary N) is 1. The molecule has 1 N–H and O–H groups in total. The van der Waals surface area contributed by atoms with Gasteiger partial charge in [-0.1, -0.05) is 18.2 Å². The van der Waals surface area contributed by atoms with Crippen LogP contribution in [0.2, 0.25) is 0 Å². The molecule has 4 rings (SSSR count). The van der Waals surface area contributed by atoms with Gasteiger partial charge < -0.3 is 14.8 Å². The Morgan fingerprint density at radius 1 is 1.12 bits per heavy atom. The summed E-state index contributed by atoms with van der Waals surface area (Å²) < 4.78 is 2.10. The van der Waals surface area contributed by atoms with E-state index < -0.39 is 0 Å². The van der Waals surface area contributed by atoms with Gasteiger partial charge in [0, 0.05) is 36.3 Å². The maximum atomic E-state index is 12.7. The Hall–Kier alpha value is -2.30. The molecule has 1 aliphatic heterocycles. The molecule has 2 aromatic rings. The van der Waals surface area contributed by atoms with Crippen molar-refractivity contribution in [3.63, 3.8) is 0 Å². The number of fused-ring (bicyclic) bond motifs is 1. The number of hydrogen-bond donors (Lipinski definition) is 1. The first-order chi connectivity index (χ1) is 12.1. The van der Waals surface area contributed by atoms with Crippen molar-refractivity contribution in [3.05, 3.63) is 36.0 Å². The molecule has 2 heterocycles. The average Bonchev–Trinajstić information content (AvgIpc) is 3.41. The summed E-state index contributed by atoms with van der Waals surface area (Å²) in [5.74, 6) is 0.625. The largest absolute Gasteiger partial charge is 0.353 e. The lowest BCUT2D eigenvalue weighted by Gasteiger charge is -2.32. The number of hydrogen-bond acceptors (Lipinski definition) is 2. The van der Waals surface area contributed by atoms with E-state index in [0.29, 0.717) is 6.54 Å². The van der Waals surface area contributed by atoms with Gasteiger partial charge in [0.05, 0.1) is 0 Å². The Balaban J connectivity index is 1.35. The molecule has 2 amide bonds. The van der Waals surface area contributed by atoms with Crippen LogP contribution in [-0.4, -0.2) is 40.4 Å². The second-order valence-corrected chi connectivity index (χ2v) is 7.37. The first-order valence-corrected chi connectivity index (χ1v) is 9.25. The van der Waals surface area contributed by atoms with Crippen LogP contribution in [0.1, 0.15) is 31.4 Å². The SMILES string of the molecule is Cc1cc2ccccc2n1CC(=O)N1CCC(NC(=O)C2CC2)CC1. The van der Waals surface area contributed by atoms with Gasteiger partial charge in [0.15, 0.2) is 0 Å². The average molecular weight is 339 g/mol. The zero-order valence-electron chi connectivity index (χ0n) is 14.7. The number of rotatable bonds is 4. The number of aromatic nitrogens is 1. The van der Waals surface area contributed by atoms with Gasteiger partial charge in [0.25, 0.3) is 0 Å². The fraction of sp³-hybridized carbons (Fsp3) is 0.500. The van der Waals surface area contributed by atoms with Gasteiger partial charge >= 0.3 is 0 Å². The van der Waals surface area contributed by atoms with Gasteiger partial charge in [-0.05, 0) is 50.1 Å². The van der Waals surface area contributed by atoms with Crippen LogP contribution >= 0.6 is 0 Å². The summed E-state index contributed by atoms with van der Waals surface area (Å²) in [7, 11) is 0. The molecule has 132 valence electrons. The molecule has 2 aliphatic rings. The summed E-state index contributed by atoms with van der Waals surface area (Å²) in [6.07, 6.45) is 3.78. The highest BCUT2D eigenvalue weighted by Gasteiger charge is 2.32. The summed E-state index contributed by atoms with van der Waals surface area (Å²) in [5.41, 5.74) is 2.22. The molecule has 2 fully saturated rings. The third-order valence-corrected chi connectivity index (χ3v) is 5.45. The zero-order chi connectivity index (χ0) is 17.4. The van der Waals surface area contributed by atoms with Crippen molar-refractivity contribution in [3.8, 4) is 0 Å². The molecule has 0 atom stereocenters. The van der Waals surface area contributed by atoms with Crippen molar-refractivity contribution in [2.45, 2.75) is 45.2 Å². The van der Waals surface area contributed by atoms with Crippen LogP contribution in [0.3, 0.4) is 0 Å². The summed E-state index contributed by atoms with van der Waals surface area (Å²) in [5, 5.41) is 4.31. The number of nitrogens with zero attached hydrogens (tertiary/aromatic N) is 2. The molecule has 25 heavy (non-hydrogen) atoms. The van der Waals surface area contributed by atoms with E-state index in [0.717, 1.165) is 50.0 Å². The molecule has 5 nitrogen and oxygen atoms in total. The van der Waals surface area contributed by atoms with E-state index in [4.69, 9.17) is 0 Å². The maximum absolute atomic E-state index is 12.7. The standard InChI is InChI=1S/C20H25N3O2/c1-14-12-16-4-2-3-5-18(16)23(14)13-19(24)22-10-8-17(9-11-22)21-20(25)15-6-7-15/h2-5,12,15,17H,6-11,13H2,1H3,(H,21,25). The van der Waals surface area contributed by atoms with Crippen LogP contribution in [0.5, 0.6) is 0 Å². The summed E-state index contributed by atoms with van der Waals surface area (Å²) in [4.78, 5) is 26.5. The minimum absolute atomic E-state index is 0.163. The predicted octanol–water partition coefficient (Wildman–Crippen LogP) is 2.47. The quantitative estimate of drug-likeness (QED) is 0.930. The van der Waals surface area contributed by atoms with E-state index in [9.17, 15) is 9.59 Å². The lowest BCUT2D eigenvalue weighted by atomic mass is 10.0. The Labute approximate surface area is 148 Å². The molecule has 1 saturated heterocycles. The van der Waals surface area contributed by atoms with Gasteiger partial charge in [-0.3, -0.25) is 9.59 Å². The fourth-order valence-corrected chi connectivity index (χ4v) is 3.73. The smallest absolute Gasteiger partial charge is 0.242 e. The number of carbonyl (C=O) groups excluding carboxylic acids is 2. The summed E-state index contributed by atoms with van der Waals surface area (Å²) in [6, 6.07) is 10.5. The number of para-hydroxylation sites is 1. The predicted molar refractivity (Wildman–Crippen MR) is 97.1 cm³/mol. The first-order valence-electron chi connectivity index (χ1n) is 9.25. The van der Waals surface area contributed by atoms with E-state index in [1.807, 2.05) is 24.0 Å². The van der Waals surface area contributed by atoms with Crippen LogP contribution < -0.4 is 5.32 Å². The van der Waals surface area contributed by atoms with E-state index in [1.165, 1.54) is 5.39 Å². The van der Waals surface area contributed by atoms with Gasteiger partial charge in [-0.15, -0.1) is 0 Å². The maximum Gasteiger partial charge on any atom is 0.242 e. The Kier molecular flexibility index (Phi) is 4.24. The molecule has 0 radical (unpaired) electrons. The minimum atomic E-state index is 0.163. The number of piperidine rings is 1. The molecule has 5 heteroatoms. The Morgan fingerprint density at radius 3 is 2.56 bits per heavy atom. The molecule has 0 unspecified atom stereocenters. The highest BCUT2D eigenvalue weighted by Crippen LogP contribution is 2.29. The van der Waals surface area contributed by atoms with Crippen molar-refractivity contribution < 1.29 is 9.59 Å². The van der Waals surface area contributed by atoms with Crippen molar-refractivity contribution in [1.29, 1.82) is 0 Å². The first kappa shape index (κ1) is 16.2. The van der Waals surface area contributed by atoms with Gasteiger partial charge in [0.2, 0.25) is 11.8 Å². The van der Waals surface area contributed by atoms with Crippen LogP contribution in [0, 0.1) is 12.8 Å². The molecule has 1 aliphatic carbocycles. The summed E-state index contributed by atoms with van der Waals surface area (Å²) >= 11 is 0. The van der Waals surface area contributed by atoms with Crippen molar-refractivity contribution in [1.82, 2.24) is 14.8 Å². The molecule has 1 aromatic carbocycles. The van der Waals surface area contributed by atoms with Crippen LogP contribution in [0.25, 0.3) is 10.9 Å². The molecular formula is C20H25N3O2. The second-order valence-electron chi connectivity index (χ2n) is 7.37. The lowest BCUT2D eigenvalue weighted by Crippen LogP contribution is -2.47. The third kappa shape index (κ3) is 3.41. The highest BCUT2D eigenvalue weighted by molar-refractivity contribution is 5.84. The number of benzene rings is 1. The molecular weight excluding hydrogens is 314 g/mol. The van der Waals surface area contributed by atoms with Gasteiger partial charge in [-0.25, -0.2) is 0 Å². The lowest BCUT2D eigenvalue weighted by molar-refractivity contribution is -0.133. The summed E-state index contributed by atoms with van der Waals surface area (Å²) in [6.45, 7) is 3.89. The normalized spacial score (nSPS) is 18.5. The van der Waals surface area contributed by atoms with E-state index in [-0.39, 0.29) is 23.8 Å². The van der Waals surface area contributed by atoms with Crippen molar-refractivity contribution >= 4 is 22.7 Å². The number of aryl methyl sites for hydroxylation is 1. The van der Waals surface area contributed by atoms with Gasteiger partial charge in [0.1, 0.15) is 6.54 Å². The topological polar surface area (TPSA) is 54.3 Å². The molecule has 0 spiro atoms. The monoisotopic (exact) mass is 339 g/mol. The van der Waals surface area contributed by atoms with E-state index in [1.54, 1.807) is 0 Å². The Bertz CT molecular complexity index is 798. The van der Waals surface area contributed by atoms with Crippen molar-refractivity contribution in [2.75, 3.05) is 13.1 Å². The second kappa shape index (κ2) is 6.54. The molecule has 1 saturated carbocycles. The molecule has 0 bridgehead atoms. The third-order valence-electron chi connectivity index (χ3n) is 5.45. The van der Waals surface area contributed by atoms with Crippen molar-refractivity contribution in [2.24, 2.45) is 5.92 Å². The fourth-order valence-electron chi connectivity index (χ4n) is 3.73. The number of carbonyl (C=O) groups is 2. The zero-order valence-corrected chi connectivity index (χ0v) is 14.7.